The van der Waals surface area contributed by atoms with Gasteiger partial charge in [-0.1, -0.05) is 140 Å². The molecular weight excluding hydrogens is 971 g/mol. The zero-order valence-corrected chi connectivity index (χ0v) is 42.6. The summed E-state index contributed by atoms with van der Waals surface area (Å²) in [7, 11) is 0. The van der Waals surface area contributed by atoms with E-state index in [0.717, 1.165) is 38.9 Å². The maximum atomic E-state index is 17.6. The van der Waals surface area contributed by atoms with Gasteiger partial charge in [-0.3, -0.25) is 4.79 Å². The molecule has 5 aromatic rings. The minimum absolute atomic E-state index is 0.0313. The van der Waals surface area contributed by atoms with Gasteiger partial charge in [0.05, 0.1) is 32.5 Å². The van der Waals surface area contributed by atoms with Crippen molar-refractivity contribution in [2.75, 3.05) is 19.9 Å². The second-order valence-corrected chi connectivity index (χ2v) is 19.8. The Balaban J connectivity index is 1.04. The van der Waals surface area contributed by atoms with Crippen LogP contribution in [0.4, 0.5) is 13.6 Å². The van der Waals surface area contributed by atoms with Gasteiger partial charge in [0, 0.05) is 12.8 Å². The predicted molar refractivity (Wildman–Crippen MR) is 271 cm³/mol. The number of ether oxygens (including phenoxy) is 9. The van der Waals surface area contributed by atoms with Crippen molar-refractivity contribution in [3.63, 3.8) is 0 Å². The molecule has 12 atom stereocenters. The van der Waals surface area contributed by atoms with Crippen LogP contribution in [0.1, 0.15) is 68.4 Å². The van der Waals surface area contributed by atoms with Crippen LogP contribution < -0.4 is 10.6 Å². The van der Waals surface area contributed by atoms with Crippen molar-refractivity contribution in [3.8, 4) is 11.1 Å². The molecule has 3 aliphatic rings. The largest absolute Gasteiger partial charge is 0.458 e. The zero-order valence-electron chi connectivity index (χ0n) is 42.6. The van der Waals surface area contributed by atoms with E-state index in [0.29, 0.717) is 0 Å². The second-order valence-electron chi connectivity index (χ2n) is 19.8. The van der Waals surface area contributed by atoms with Gasteiger partial charge in [-0.05, 0) is 66.6 Å². The molecule has 2 amide bonds. The molecule has 2 heterocycles. The smallest absolute Gasteiger partial charge is 0.407 e. The molecule has 2 saturated heterocycles. The van der Waals surface area contributed by atoms with E-state index in [9.17, 15) is 19.5 Å². The lowest BCUT2D eigenvalue weighted by molar-refractivity contribution is -0.346. The molecule has 0 aromatic heterocycles. The fourth-order valence-electron chi connectivity index (χ4n) is 9.56. The molecule has 0 bridgehead atoms. The molecule has 2 fully saturated rings. The average molecular weight is 1040 g/mol. The van der Waals surface area contributed by atoms with E-state index >= 15 is 8.78 Å². The summed E-state index contributed by atoms with van der Waals surface area (Å²) in [5, 5.41) is 17.1. The standard InChI is InChI=1S/C58H66F2N2O13/c1-35(48(54(65)75-58(3,4)5)62-57(66)70-33-44-42-27-17-15-25-40(42)41-26-16-18-28-43(41)44)71-56-49(61-36(2)63)53(50(64)45(29-59)72-56)74-55-47(60)52(69-32-39-23-13-8-14-24-39)51(68-31-38-21-11-7-12-22-38)46(73-55)34-67-30-37-19-9-6-10-20-37/h6-28,35,44-53,55-56,64H,29-34H2,1-5H3,(H,61,63)(H,62,66)/t35-,45-,46-,47-,48+,49-,50+,51+,52-,53-,55+,56+/m1/s1. The summed E-state index contributed by atoms with van der Waals surface area (Å²) in [5.74, 6) is -1.86. The monoisotopic (exact) mass is 1040 g/mol. The summed E-state index contributed by atoms with van der Waals surface area (Å²) in [5.41, 5.74) is 5.39. The summed E-state index contributed by atoms with van der Waals surface area (Å²) >= 11 is 0. The normalized spacial score (nSPS) is 25.3. The summed E-state index contributed by atoms with van der Waals surface area (Å²) in [6.07, 6.45) is -16.6. The van der Waals surface area contributed by atoms with E-state index in [4.69, 9.17) is 42.6 Å². The van der Waals surface area contributed by atoms with E-state index in [1.807, 2.05) is 140 Å². The minimum atomic E-state index is -2.12. The molecule has 2 aliphatic heterocycles. The highest BCUT2D eigenvalue weighted by atomic mass is 19.1. The second kappa shape index (κ2) is 25.6. The van der Waals surface area contributed by atoms with E-state index in [-0.39, 0.29) is 39.0 Å². The molecule has 400 valence electrons. The number of rotatable bonds is 21. The Kier molecular flexibility index (Phi) is 18.8. The first-order valence-corrected chi connectivity index (χ1v) is 25.2. The topological polar surface area (TPSA) is 179 Å². The fourth-order valence-corrected chi connectivity index (χ4v) is 9.56. The number of carbonyl (C=O) groups is 3. The highest BCUT2D eigenvalue weighted by Gasteiger charge is 2.54. The van der Waals surface area contributed by atoms with Crippen molar-refractivity contribution in [2.45, 2.75) is 140 Å². The number of hydrogen-bond acceptors (Lipinski definition) is 13. The summed E-state index contributed by atoms with van der Waals surface area (Å²) in [6, 6.07) is 40.5. The van der Waals surface area contributed by atoms with Crippen molar-refractivity contribution in [1.29, 1.82) is 0 Å². The number of halogens is 2. The van der Waals surface area contributed by atoms with Crippen LogP contribution in [0.3, 0.4) is 0 Å². The van der Waals surface area contributed by atoms with Gasteiger partial charge in [0.1, 0.15) is 61.5 Å². The van der Waals surface area contributed by atoms with Crippen molar-refractivity contribution in [1.82, 2.24) is 10.6 Å². The van der Waals surface area contributed by atoms with Crippen LogP contribution in [0.2, 0.25) is 0 Å². The lowest BCUT2D eigenvalue weighted by Gasteiger charge is -2.48. The molecule has 3 N–H and O–H groups in total. The number of nitrogens with one attached hydrogen (secondary N) is 2. The lowest BCUT2D eigenvalue weighted by Crippen LogP contribution is -2.68. The van der Waals surface area contributed by atoms with Crippen LogP contribution in [0.5, 0.6) is 0 Å². The molecule has 8 rings (SSSR count). The van der Waals surface area contributed by atoms with Crippen LogP contribution in [-0.2, 0) is 72.0 Å². The molecule has 15 nitrogen and oxygen atoms in total. The summed E-state index contributed by atoms with van der Waals surface area (Å²) in [6.45, 7) is 6.28. The van der Waals surface area contributed by atoms with Crippen LogP contribution in [-0.4, -0.2) is 122 Å². The molecule has 0 spiro atoms. The molecule has 1 aliphatic carbocycles. The highest BCUT2D eigenvalue weighted by molar-refractivity contribution is 5.83. The van der Waals surface area contributed by atoms with Crippen LogP contribution >= 0.6 is 0 Å². The van der Waals surface area contributed by atoms with E-state index in [1.54, 1.807) is 20.8 Å². The van der Waals surface area contributed by atoms with Crippen molar-refractivity contribution >= 4 is 18.0 Å². The Hall–Kier alpha value is -6.15. The van der Waals surface area contributed by atoms with Gasteiger partial charge in [0.2, 0.25) is 5.91 Å². The molecule has 0 unspecified atom stereocenters. The number of carbonyl (C=O) groups excluding carboxylic acids is 3. The van der Waals surface area contributed by atoms with E-state index < -0.39 is 104 Å². The minimum Gasteiger partial charge on any atom is -0.458 e. The average Bonchev–Trinajstić information content (AvgIpc) is 3.73. The zero-order chi connectivity index (χ0) is 53.1. The first-order valence-electron chi connectivity index (χ1n) is 25.2. The van der Waals surface area contributed by atoms with Crippen molar-refractivity contribution in [3.05, 3.63) is 167 Å². The van der Waals surface area contributed by atoms with E-state index in [1.165, 1.54) is 13.8 Å². The number of amides is 2. The fraction of sp³-hybridized carbons (Fsp3) is 0.431. The maximum absolute atomic E-state index is 17.6. The molecule has 5 aromatic carbocycles. The Bertz CT molecular complexity index is 2580. The van der Waals surface area contributed by atoms with Crippen molar-refractivity contribution in [2.24, 2.45) is 0 Å². The van der Waals surface area contributed by atoms with Crippen LogP contribution in [0, 0.1) is 0 Å². The number of alkyl halides is 2. The number of alkyl carbamates (subject to hydrolysis) is 1. The van der Waals surface area contributed by atoms with Gasteiger partial charge in [-0.15, -0.1) is 0 Å². The third kappa shape index (κ3) is 14.2. The SMILES string of the molecule is CC(=O)N[C@H]1[C@@H](O[C@H](C)[C@H](NC(=O)OCC2c3ccccc3-c3ccccc32)C(=O)OC(C)(C)C)O[C@H](CF)[C@H](O)[C@@H]1O[C@@H]1O[C@H](COCc2ccccc2)[C@H](OCc2ccccc2)[C@H](OCc2ccccc2)[C@H]1F. The molecular formula is C58H66F2N2O13. The number of aliphatic hydroxyl groups excluding tert-OH is 1. The quantitative estimate of drug-likeness (QED) is 0.0603. The molecule has 0 saturated carbocycles. The number of hydrogen-bond donors (Lipinski definition) is 3. The van der Waals surface area contributed by atoms with Crippen molar-refractivity contribution < 1.29 is 70.9 Å². The lowest BCUT2D eigenvalue weighted by atomic mass is 9.95. The summed E-state index contributed by atoms with van der Waals surface area (Å²) in [4.78, 5) is 40.8. The maximum Gasteiger partial charge on any atom is 0.407 e. The molecule has 0 radical (unpaired) electrons. The van der Waals surface area contributed by atoms with Gasteiger partial charge in [0.25, 0.3) is 0 Å². The first kappa shape index (κ1) is 55.1. The number of esters is 1. The Labute approximate surface area is 436 Å². The highest BCUT2D eigenvalue weighted by Crippen LogP contribution is 2.44. The summed E-state index contributed by atoms with van der Waals surface area (Å²) < 4.78 is 88.3. The Morgan fingerprint density at radius 2 is 1.20 bits per heavy atom. The van der Waals surface area contributed by atoms with Gasteiger partial charge >= 0.3 is 12.1 Å². The molecule has 75 heavy (non-hydrogen) atoms. The number of fused-ring (bicyclic) bond motifs is 3. The third-order valence-electron chi connectivity index (χ3n) is 13.1. The van der Waals surface area contributed by atoms with Gasteiger partial charge in [-0.25, -0.2) is 18.4 Å². The number of benzene rings is 5. The van der Waals surface area contributed by atoms with Gasteiger partial charge in [-0.2, -0.15) is 0 Å². The number of aliphatic hydroxyl groups is 1. The Morgan fingerprint density at radius 3 is 1.75 bits per heavy atom. The predicted octanol–water partition coefficient (Wildman–Crippen LogP) is 8.04. The van der Waals surface area contributed by atoms with Crippen LogP contribution in [0.15, 0.2) is 140 Å². The first-order chi connectivity index (χ1) is 36.2. The van der Waals surface area contributed by atoms with E-state index in [2.05, 4.69) is 10.6 Å². The third-order valence-corrected chi connectivity index (χ3v) is 13.1. The molecule has 17 heteroatoms. The Morgan fingerprint density at radius 1 is 0.680 bits per heavy atom. The van der Waals surface area contributed by atoms with Crippen LogP contribution in [0.25, 0.3) is 11.1 Å². The van der Waals surface area contributed by atoms with Gasteiger partial charge < -0.3 is 58.4 Å². The van der Waals surface area contributed by atoms with Gasteiger partial charge in [0.15, 0.2) is 24.8 Å².